The molecule has 0 spiro atoms. The summed E-state index contributed by atoms with van der Waals surface area (Å²) in [7, 11) is 0. The third-order valence-electron chi connectivity index (χ3n) is 4.97. The number of aromatic nitrogens is 2. The summed E-state index contributed by atoms with van der Waals surface area (Å²) in [5, 5.41) is 2.76. The molecule has 0 atom stereocenters. The Balaban J connectivity index is 1.76. The molecule has 3 aromatic rings. The van der Waals surface area contributed by atoms with Gasteiger partial charge in [0.25, 0.3) is 5.56 Å². The number of fused-ring (bicyclic) bond motifs is 3. The lowest BCUT2D eigenvalue weighted by Crippen LogP contribution is -2.23. The van der Waals surface area contributed by atoms with Gasteiger partial charge in [-0.3, -0.25) is 9.36 Å². The van der Waals surface area contributed by atoms with Gasteiger partial charge in [-0.1, -0.05) is 53.5 Å². The third kappa shape index (κ3) is 3.90. The van der Waals surface area contributed by atoms with Gasteiger partial charge in [0.15, 0.2) is 5.16 Å². The number of benzene rings is 1. The molecule has 7 heteroatoms. The molecule has 1 aliphatic carbocycles. The first kappa shape index (κ1) is 20.0. The molecule has 0 fully saturated rings. The molecule has 0 saturated carbocycles. The molecule has 0 amide bonds. The van der Waals surface area contributed by atoms with Gasteiger partial charge in [-0.15, -0.1) is 17.9 Å². The van der Waals surface area contributed by atoms with E-state index in [4.69, 9.17) is 28.2 Å². The Bertz CT molecular complexity index is 1100. The highest BCUT2D eigenvalue weighted by Gasteiger charge is 2.21. The molecular weight excluding hydrogens is 431 g/mol. The summed E-state index contributed by atoms with van der Waals surface area (Å²) in [5.41, 5.74) is 2.25. The smallest absolute Gasteiger partial charge is 0.263 e. The molecule has 4 rings (SSSR count). The van der Waals surface area contributed by atoms with E-state index in [1.165, 1.54) is 35.0 Å². The summed E-state index contributed by atoms with van der Waals surface area (Å²) in [6.07, 6.45) is 7.35. The lowest BCUT2D eigenvalue weighted by Gasteiger charge is -2.11. The lowest BCUT2D eigenvalue weighted by molar-refractivity contribution is 0.671. The van der Waals surface area contributed by atoms with Gasteiger partial charge < -0.3 is 0 Å². The second-order valence-corrected chi connectivity index (χ2v) is 9.74. The quantitative estimate of drug-likeness (QED) is 0.192. The van der Waals surface area contributed by atoms with Crippen LogP contribution < -0.4 is 5.56 Å². The van der Waals surface area contributed by atoms with E-state index in [0.717, 1.165) is 35.0 Å². The molecule has 0 N–H and O–H groups in total. The van der Waals surface area contributed by atoms with E-state index >= 15 is 0 Å². The molecule has 2 heterocycles. The summed E-state index contributed by atoms with van der Waals surface area (Å²) < 4.78 is 1.74. The molecule has 0 bridgehead atoms. The fraction of sp³-hybridized carbons (Fsp3) is 0.333. The first-order valence-corrected chi connectivity index (χ1v) is 11.9. The minimum atomic E-state index is 0.0500. The van der Waals surface area contributed by atoms with Crippen LogP contribution in [0.1, 0.15) is 35.3 Å². The van der Waals surface area contributed by atoms with Crippen molar-refractivity contribution in [3.63, 3.8) is 0 Å². The third-order valence-corrected chi connectivity index (χ3v) is 7.77. The number of thiophene rings is 1. The summed E-state index contributed by atoms with van der Waals surface area (Å²) in [5.74, 6) is 0.621. The van der Waals surface area contributed by atoms with E-state index in [1.54, 1.807) is 28.0 Å². The Morgan fingerprint density at radius 1 is 1.25 bits per heavy atom. The van der Waals surface area contributed by atoms with E-state index < -0.39 is 0 Å². The van der Waals surface area contributed by atoms with Crippen molar-refractivity contribution >= 4 is 56.5 Å². The highest BCUT2D eigenvalue weighted by atomic mass is 35.5. The normalized spacial score (nSPS) is 14.1. The topological polar surface area (TPSA) is 34.9 Å². The van der Waals surface area contributed by atoms with Crippen LogP contribution >= 0.6 is 46.3 Å². The standard InChI is InChI=1S/C21H20Cl2N2OS2/c1-2-10-25-20(26)18-15-6-4-3-5-7-17(15)28-19(18)24-21(25)27-12-13-8-9-14(22)11-16(13)23/h2,8-9,11H,1,3-7,10,12H2. The molecule has 2 aromatic heterocycles. The predicted octanol–water partition coefficient (Wildman–Crippen LogP) is 6.51. The molecule has 0 radical (unpaired) electrons. The Morgan fingerprint density at radius 2 is 2.07 bits per heavy atom. The van der Waals surface area contributed by atoms with Crippen LogP contribution in [0.5, 0.6) is 0 Å². The van der Waals surface area contributed by atoms with Gasteiger partial charge in [-0.2, -0.15) is 0 Å². The predicted molar refractivity (Wildman–Crippen MR) is 121 cm³/mol. The monoisotopic (exact) mass is 450 g/mol. The van der Waals surface area contributed by atoms with Crippen LogP contribution in [0.3, 0.4) is 0 Å². The Hall–Kier alpha value is -1.27. The number of rotatable bonds is 5. The number of halogens is 2. The molecule has 1 aromatic carbocycles. The van der Waals surface area contributed by atoms with Gasteiger partial charge >= 0.3 is 0 Å². The Kier molecular flexibility index (Phi) is 6.16. The van der Waals surface area contributed by atoms with Crippen LogP contribution in [-0.2, 0) is 25.1 Å². The number of allylic oxidation sites excluding steroid dienone is 1. The maximum atomic E-state index is 13.3. The first-order valence-electron chi connectivity index (χ1n) is 9.31. The maximum absolute atomic E-state index is 13.3. The largest absolute Gasteiger partial charge is 0.283 e. The highest BCUT2D eigenvalue weighted by Crippen LogP contribution is 2.35. The number of aryl methyl sites for hydroxylation is 2. The minimum absolute atomic E-state index is 0.0500. The van der Waals surface area contributed by atoms with Crippen LogP contribution in [0.2, 0.25) is 10.0 Å². The van der Waals surface area contributed by atoms with Gasteiger partial charge in [0.2, 0.25) is 0 Å². The summed E-state index contributed by atoms with van der Waals surface area (Å²) in [6.45, 7) is 4.27. The number of thioether (sulfide) groups is 1. The zero-order valence-corrected chi connectivity index (χ0v) is 18.5. The maximum Gasteiger partial charge on any atom is 0.263 e. The second-order valence-electron chi connectivity index (χ2n) is 6.87. The van der Waals surface area contributed by atoms with Crippen molar-refractivity contribution in [2.24, 2.45) is 0 Å². The van der Waals surface area contributed by atoms with Crippen LogP contribution in [0.25, 0.3) is 10.2 Å². The SMILES string of the molecule is C=CCn1c(SCc2ccc(Cl)cc2Cl)nc2sc3c(c2c1=O)CCCCC3. The Morgan fingerprint density at radius 3 is 2.86 bits per heavy atom. The molecular formula is C21H20Cl2N2OS2. The van der Waals surface area contributed by atoms with Gasteiger partial charge in [0.05, 0.1) is 5.39 Å². The second kappa shape index (κ2) is 8.62. The number of nitrogens with zero attached hydrogens (tertiary/aromatic N) is 2. The van der Waals surface area contributed by atoms with E-state index in [9.17, 15) is 4.79 Å². The number of hydrogen-bond acceptors (Lipinski definition) is 4. The average Bonchev–Trinajstić information content (AvgIpc) is 2.85. The summed E-state index contributed by atoms with van der Waals surface area (Å²) in [4.78, 5) is 20.4. The fourth-order valence-corrected chi connectivity index (χ4v) is 6.45. The van der Waals surface area contributed by atoms with E-state index in [1.807, 2.05) is 12.1 Å². The lowest BCUT2D eigenvalue weighted by atomic mass is 10.1. The molecule has 3 nitrogen and oxygen atoms in total. The van der Waals surface area contributed by atoms with Crippen molar-refractivity contribution < 1.29 is 0 Å². The van der Waals surface area contributed by atoms with Gasteiger partial charge in [-0.05, 0) is 48.9 Å². The highest BCUT2D eigenvalue weighted by molar-refractivity contribution is 7.98. The van der Waals surface area contributed by atoms with Crippen molar-refractivity contribution in [1.29, 1.82) is 0 Å². The van der Waals surface area contributed by atoms with Gasteiger partial charge in [0.1, 0.15) is 4.83 Å². The molecule has 0 aliphatic heterocycles. The molecule has 28 heavy (non-hydrogen) atoms. The van der Waals surface area contributed by atoms with Crippen LogP contribution in [0.15, 0.2) is 40.8 Å². The number of hydrogen-bond donors (Lipinski definition) is 0. The molecule has 1 aliphatic rings. The van der Waals surface area contributed by atoms with Crippen LogP contribution in [0, 0.1) is 0 Å². The van der Waals surface area contributed by atoms with E-state index in [-0.39, 0.29) is 5.56 Å². The van der Waals surface area contributed by atoms with Gasteiger partial charge in [-0.25, -0.2) is 4.98 Å². The zero-order valence-electron chi connectivity index (χ0n) is 15.3. The van der Waals surface area contributed by atoms with Crippen molar-refractivity contribution in [3.05, 3.63) is 67.3 Å². The minimum Gasteiger partial charge on any atom is -0.283 e. The van der Waals surface area contributed by atoms with E-state index in [2.05, 4.69) is 6.58 Å². The van der Waals surface area contributed by atoms with Crippen molar-refractivity contribution in [2.45, 2.75) is 49.6 Å². The first-order chi connectivity index (χ1) is 13.6. The molecule has 0 saturated heterocycles. The van der Waals surface area contributed by atoms with Crippen molar-refractivity contribution in [1.82, 2.24) is 9.55 Å². The van der Waals surface area contributed by atoms with Crippen LogP contribution in [0.4, 0.5) is 0 Å². The van der Waals surface area contributed by atoms with Crippen molar-refractivity contribution in [3.8, 4) is 0 Å². The van der Waals surface area contributed by atoms with Crippen molar-refractivity contribution in [2.75, 3.05) is 0 Å². The average molecular weight is 451 g/mol. The summed E-state index contributed by atoms with van der Waals surface area (Å²) in [6, 6.07) is 5.48. The molecule has 0 unspecified atom stereocenters. The summed E-state index contributed by atoms with van der Waals surface area (Å²) >= 11 is 15.5. The fourth-order valence-electron chi connectivity index (χ4n) is 3.58. The van der Waals surface area contributed by atoms with E-state index in [0.29, 0.717) is 27.5 Å². The molecule has 146 valence electrons. The zero-order chi connectivity index (χ0) is 19.7. The Labute approximate surface area is 182 Å². The van der Waals surface area contributed by atoms with Gasteiger partial charge in [0, 0.05) is 27.2 Å². The van der Waals surface area contributed by atoms with Crippen LogP contribution in [-0.4, -0.2) is 9.55 Å².